The maximum Gasteiger partial charge on any atom is 0.328 e. The third-order valence-corrected chi connectivity index (χ3v) is 2.74. The minimum absolute atomic E-state index is 0.225. The van der Waals surface area contributed by atoms with Gasteiger partial charge in [-0.3, -0.25) is 9.59 Å². The SMILES string of the molecule is CN(C)C(=O)c1cccc(C(=O)NC(C)(C)C(=O)O)c1. The van der Waals surface area contributed by atoms with E-state index < -0.39 is 17.4 Å². The highest BCUT2D eigenvalue weighted by atomic mass is 16.4. The lowest BCUT2D eigenvalue weighted by molar-refractivity contribution is -0.143. The number of nitrogens with one attached hydrogen (secondary N) is 1. The van der Waals surface area contributed by atoms with E-state index in [1.807, 2.05) is 0 Å². The van der Waals surface area contributed by atoms with Gasteiger partial charge in [0.25, 0.3) is 11.8 Å². The van der Waals surface area contributed by atoms with E-state index >= 15 is 0 Å². The standard InChI is InChI=1S/C14H18N2O4/c1-14(2,13(19)20)15-11(17)9-6-5-7-10(8-9)12(18)16(3)4/h5-8H,1-4H3,(H,15,17)(H,19,20). The molecular weight excluding hydrogens is 260 g/mol. The highest BCUT2D eigenvalue weighted by Crippen LogP contribution is 2.10. The minimum Gasteiger partial charge on any atom is -0.480 e. The number of carboxylic acid groups (broad SMARTS) is 1. The number of hydrogen-bond acceptors (Lipinski definition) is 3. The lowest BCUT2D eigenvalue weighted by Gasteiger charge is -2.21. The van der Waals surface area contributed by atoms with Gasteiger partial charge in [0.1, 0.15) is 5.54 Å². The molecule has 1 rings (SSSR count). The van der Waals surface area contributed by atoms with Crippen molar-refractivity contribution < 1.29 is 19.5 Å². The number of rotatable bonds is 4. The van der Waals surface area contributed by atoms with Gasteiger partial charge >= 0.3 is 5.97 Å². The van der Waals surface area contributed by atoms with Gasteiger partial charge in [0, 0.05) is 25.2 Å². The van der Waals surface area contributed by atoms with E-state index in [1.54, 1.807) is 26.2 Å². The zero-order valence-corrected chi connectivity index (χ0v) is 11.9. The van der Waals surface area contributed by atoms with Gasteiger partial charge in [0.05, 0.1) is 0 Å². The van der Waals surface area contributed by atoms with Crippen LogP contribution in [0.5, 0.6) is 0 Å². The number of carbonyl (C=O) groups is 3. The fraction of sp³-hybridized carbons (Fsp3) is 0.357. The molecule has 6 heteroatoms. The highest BCUT2D eigenvalue weighted by molar-refractivity contribution is 6.01. The molecule has 2 N–H and O–H groups in total. The third-order valence-electron chi connectivity index (χ3n) is 2.74. The molecule has 108 valence electrons. The zero-order chi connectivity index (χ0) is 15.5. The summed E-state index contributed by atoms with van der Waals surface area (Å²) in [4.78, 5) is 36.2. The van der Waals surface area contributed by atoms with Crippen LogP contribution in [-0.4, -0.2) is 47.4 Å². The predicted octanol–water partition coefficient (Wildman–Crippen LogP) is 0.981. The van der Waals surface area contributed by atoms with Crippen LogP contribution in [0.1, 0.15) is 34.6 Å². The van der Waals surface area contributed by atoms with Gasteiger partial charge in [-0.2, -0.15) is 0 Å². The Balaban J connectivity index is 2.98. The molecule has 1 aromatic rings. The maximum absolute atomic E-state index is 12.0. The van der Waals surface area contributed by atoms with Gasteiger partial charge in [-0.05, 0) is 32.0 Å². The minimum atomic E-state index is -1.38. The first-order chi connectivity index (χ1) is 9.15. The van der Waals surface area contributed by atoms with Crippen LogP contribution < -0.4 is 5.32 Å². The lowest BCUT2D eigenvalue weighted by atomic mass is 10.0. The van der Waals surface area contributed by atoms with Crippen LogP contribution in [0.3, 0.4) is 0 Å². The molecule has 0 fully saturated rings. The molecule has 0 unspecified atom stereocenters. The first kappa shape index (κ1) is 15.7. The quantitative estimate of drug-likeness (QED) is 0.859. The normalized spacial score (nSPS) is 10.8. The Morgan fingerprint density at radius 1 is 1.15 bits per heavy atom. The number of aliphatic carboxylic acids is 1. The van der Waals surface area contributed by atoms with Gasteiger partial charge in [0.2, 0.25) is 0 Å². The Kier molecular flexibility index (Phi) is 4.49. The first-order valence-electron chi connectivity index (χ1n) is 6.03. The molecule has 0 aliphatic rings. The summed E-state index contributed by atoms with van der Waals surface area (Å²) >= 11 is 0. The molecule has 0 atom stereocenters. The third kappa shape index (κ3) is 3.57. The van der Waals surface area contributed by atoms with Crippen LogP contribution in [0.25, 0.3) is 0 Å². The molecule has 0 saturated heterocycles. The Morgan fingerprint density at radius 2 is 1.70 bits per heavy atom. The maximum atomic E-state index is 12.0. The zero-order valence-electron chi connectivity index (χ0n) is 11.9. The molecule has 0 radical (unpaired) electrons. The van der Waals surface area contributed by atoms with Gasteiger partial charge in [-0.15, -0.1) is 0 Å². The first-order valence-corrected chi connectivity index (χ1v) is 6.03. The molecule has 0 aliphatic heterocycles. The monoisotopic (exact) mass is 278 g/mol. The number of nitrogens with zero attached hydrogens (tertiary/aromatic N) is 1. The Hall–Kier alpha value is -2.37. The van der Waals surface area contributed by atoms with Crippen LogP contribution in [0.15, 0.2) is 24.3 Å². The molecule has 20 heavy (non-hydrogen) atoms. The van der Waals surface area contributed by atoms with Crippen molar-refractivity contribution in [2.45, 2.75) is 19.4 Å². The summed E-state index contributed by atoms with van der Waals surface area (Å²) < 4.78 is 0. The molecule has 0 aromatic heterocycles. The summed E-state index contributed by atoms with van der Waals surface area (Å²) in [6, 6.07) is 6.15. The van der Waals surface area contributed by atoms with Crippen LogP contribution in [0, 0.1) is 0 Å². The van der Waals surface area contributed by atoms with E-state index in [1.165, 1.54) is 30.9 Å². The smallest absolute Gasteiger partial charge is 0.328 e. The summed E-state index contributed by atoms with van der Waals surface area (Å²) in [6.45, 7) is 2.78. The van der Waals surface area contributed by atoms with Crippen molar-refractivity contribution in [1.29, 1.82) is 0 Å². The second kappa shape index (κ2) is 5.73. The average Bonchev–Trinajstić information content (AvgIpc) is 2.37. The molecule has 0 saturated carbocycles. The van der Waals surface area contributed by atoms with Crippen molar-refractivity contribution in [2.24, 2.45) is 0 Å². The summed E-state index contributed by atoms with van der Waals surface area (Å²) in [5.74, 6) is -1.89. The highest BCUT2D eigenvalue weighted by Gasteiger charge is 2.29. The molecule has 0 bridgehead atoms. The predicted molar refractivity (Wildman–Crippen MR) is 73.6 cm³/mol. The summed E-state index contributed by atoms with van der Waals surface area (Å²) in [5, 5.41) is 11.4. The van der Waals surface area contributed by atoms with Crippen molar-refractivity contribution in [3.8, 4) is 0 Å². The van der Waals surface area contributed by atoms with Crippen LogP contribution in [0.4, 0.5) is 0 Å². The summed E-state index contributed by atoms with van der Waals surface area (Å²) in [6.07, 6.45) is 0. The Labute approximate surface area is 117 Å². The van der Waals surface area contributed by atoms with E-state index in [9.17, 15) is 14.4 Å². The van der Waals surface area contributed by atoms with Crippen LogP contribution >= 0.6 is 0 Å². The molecular formula is C14H18N2O4. The van der Waals surface area contributed by atoms with Gasteiger partial charge < -0.3 is 15.3 Å². The van der Waals surface area contributed by atoms with Crippen molar-refractivity contribution in [2.75, 3.05) is 14.1 Å². The molecule has 0 heterocycles. The Bertz CT molecular complexity index is 550. The Morgan fingerprint density at radius 3 is 2.20 bits per heavy atom. The fourth-order valence-electron chi connectivity index (χ4n) is 1.46. The van der Waals surface area contributed by atoms with E-state index in [4.69, 9.17) is 5.11 Å². The van der Waals surface area contributed by atoms with Gasteiger partial charge in [-0.1, -0.05) is 6.07 Å². The molecule has 0 aliphatic carbocycles. The lowest BCUT2D eigenvalue weighted by Crippen LogP contribution is -2.49. The largest absolute Gasteiger partial charge is 0.480 e. The summed E-state index contributed by atoms with van der Waals surface area (Å²) in [7, 11) is 3.23. The van der Waals surface area contributed by atoms with Crippen LogP contribution in [0.2, 0.25) is 0 Å². The number of carbonyl (C=O) groups excluding carboxylic acids is 2. The number of benzene rings is 1. The molecule has 2 amide bonds. The topological polar surface area (TPSA) is 86.7 Å². The summed E-state index contributed by atoms with van der Waals surface area (Å²) in [5.41, 5.74) is -0.763. The van der Waals surface area contributed by atoms with E-state index in [2.05, 4.69) is 5.32 Å². The average molecular weight is 278 g/mol. The van der Waals surface area contributed by atoms with Gasteiger partial charge in [0.15, 0.2) is 0 Å². The fourth-order valence-corrected chi connectivity index (χ4v) is 1.46. The van der Waals surface area contributed by atoms with Crippen molar-refractivity contribution in [3.63, 3.8) is 0 Å². The molecule has 6 nitrogen and oxygen atoms in total. The van der Waals surface area contributed by atoms with Crippen molar-refractivity contribution >= 4 is 17.8 Å². The van der Waals surface area contributed by atoms with Crippen LogP contribution in [-0.2, 0) is 4.79 Å². The van der Waals surface area contributed by atoms with E-state index in [-0.39, 0.29) is 11.5 Å². The number of hydrogen-bond donors (Lipinski definition) is 2. The number of amides is 2. The number of carboxylic acids is 1. The van der Waals surface area contributed by atoms with E-state index in [0.29, 0.717) is 5.56 Å². The second-order valence-corrected chi connectivity index (χ2v) is 5.16. The van der Waals surface area contributed by atoms with Gasteiger partial charge in [-0.25, -0.2) is 4.79 Å². The molecule has 1 aromatic carbocycles. The van der Waals surface area contributed by atoms with Crippen molar-refractivity contribution in [3.05, 3.63) is 35.4 Å². The second-order valence-electron chi connectivity index (χ2n) is 5.16. The van der Waals surface area contributed by atoms with E-state index in [0.717, 1.165) is 0 Å². The van der Waals surface area contributed by atoms with Crippen molar-refractivity contribution in [1.82, 2.24) is 10.2 Å². The molecule has 0 spiro atoms.